The molecule has 2 aliphatic rings. The maximum atomic E-state index is 12.4. The van der Waals surface area contributed by atoms with Gasteiger partial charge in [0.25, 0.3) is 0 Å². The molecular formula is C17H23BrN2O. The van der Waals surface area contributed by atoms with Crippen molar-refractivity contribution in [3.63, 3.8) is 0 Å². The number of hydrogen-bond donors (Lipinski definition) is 2. The molecule has 1 aromatic carbocycles. The fraction of sp³-hybridized carbons (Fsp3) is 0.588. The van der Waals surface area contributed by atoms with E-state index in [4.69, 9.17) is 5.73 Å². The van der Waals surface area contributed by atoms with Crippen LogP contribution in [0.2, 0.25) is 0 Å². The Hall–Kier alpha value is -0.870. The van der Waals surface area contributed by atoms with E-state index in [9.17, 15) is 4.79 Å². The molecule has 4 heteroatoms. The number of nitrogens with one attached hydrogen (secondary N) is 1. The van der Waals surface area contributed by atoms with Crippen LogP contribution in [0.4, 0.5) is 0 Å². The maximum Gasteiger partial charge on any atom is 0.240 e. The van der Waals surface area contributed by atoms with Crippen LogP contribution in [0, 0.1) is 0 Å². The molecule has 1 amide bonds. The number of nitrogens with two attached hydrogens (primary N) is 1. The highest BCUT2D eigenvalue weighted by Crippen LogP contribution is 2.44. The van der Waals surface area contributed by atoms with Crippen LogP contribution in [0.25, 0.3) is 0 Å². The Labute approximate surface area is 134 Å². The van der Waals surface area contributed by atoms with Crippen LogP contribution in [-0.2, 0) is 10.2 Å². The van der Waals surface area contributed by atoms with Crippen molar-refractivity contribution in [2.75, 3.05) is 6.54 Å². The van der Waals surface area contributed by atoms with Crippen LogP contribution >= 0.6 is 15.9 Å². The Bertz CT molecular complexity index is 533. The molecule has 2 saturated carbocycles. The molecule has 3 nitrogen and oxygen atoms in total. The summed E-state index contributed by atoms with van der Waals surface area (Å²) >= 11 is 3.54. The van der Waals surface area contributed by atoms with E-state index in [-0.39, 0.29) is 11.3 Å². The monoisotopic (exact) mass is 350 g/mol. The van der Waals surface area contributed by atoms with E-state index >= 15 is 0 Å². The molecule has 0 heterocycles. The summed E-state index contributed by atoms with van der Waals surface area (Å²) in [5, 5.41) is 3.15. The smallest absolute Gasteiger partial charge is 0.240 e. The molecule has 3 N–H and O–H groups in total. The van der Waals surface area contributed by atoms with E-state index in [0.717, 1.165) is 43.0 Å². The Morgan fingerprint density at radius 2 is 1.90 bits per heavy atom. The van der Waals surface area contributed by atoms with Crippen molar-refractivity contribution < 1.29 is 4.79 Å². The molecule has 0 aliphatic heterocycles. The van der Waals surface area contributed by atoms with Gasteiger partial charge >= 0.3 is 0 Å². The molecule has 2 fully saturated rings. The summed E-state index contributed by atoms with van der Waals surface area (Å²) in [5.74, 6) is 0.0428. The van der Waals surface area contributed by atoms with Crippen LogP contribution in [0.1, 0.15) is 50.5 Å². The maximum absolute atomic E-state index is 12.4. The van der Waals surface area contributed by atoms with E-state index in [1.54, 1.807) is 0 Å². The van der Waals surface area contributed by atoms with E-state index in [1.165, 1.54) is 12.0 Å². The first kappa shape index (κ1) is 15.0. The summed E-state index contributed by atoms with van der Waals surface area (Å²) in [6.07, 6.45) is 7.30. The Balaban J connectivity index is 1.69. The number of hydrogen-bond acceptors (Lipinski definition) is 2. The number of rotatable bonds is 4. The van der Waals surface area contributed by atoms with Gasteiger partial charge in [0.1, 0.15) is 0 Å². The van der Waals surface area contributed by atoms with Gasteiger partial charge in [-0.1, -0.05) is 47.3 Å². The highest BCUT2D eigenvalue weighted by Gasteiger charge is 2.42. The van der Waals surface area contributed by atoms with Gasteiger partial charge in [0.15, 0.2) is 0 Å². The van der Waals surface area contributed by atoms with Gasteiger partial charge in [-0.05, 0) is 43.4 Å². The highest BCUT2D eigenvalue weighted by atomic mass is 79.9. The van der Waals surface area contributed by atoms with Crippen molar-refractivity contribution in [2.45, 2.75) is 55.9 Å². The lowest BCUT2D eigenvalue weighted by atomic mass is 9.64. The molecule has 0 atom stereocenters. The van der Waals surface area contributed by atoms with E-state index in [0.29, 0.717) is 6.54 Å². The lowest BCUT2D eigenvalue weighted by Gasteiger charge is -2.43. The third-order valence-electron chi connectivity index (χ3n) is 5.28. The minimum absolute atomic E-state index is 0.0428. The van der Waals surface area contributed by atoms with Crippen LogP contribution in [-0.4, -0.2) is 18.0 Å². The summed E-state index contributed by atoms with van der Waals surface area (Å²) in [7, 11) is 0. The van der Waals surface area contributed by atoms with Crippen LogP contribution in [0.5, 0.6) is 0 Å². The Morgan fingerprint density at radius 3 is 2.48 bits per heavy atom. The van der Waals surface area contributed by atoms with Gasteiger partial charge in [0.05, 0.1) is 5.54 Å². The largest absolute Gasteiger partial charge is 0.354 e. The van der Waals surface area contributed by atoms with E-state index in [2.05, 4.69) is 39.4 Å². The number of halogens is 1. The molecule has 0 spiro atoms. The first-order valence-corrected chi connectivity index (χ1v) is 8.67. The van der Waals surface area contributed by atoms with Crippen LogP contribution in [0.3, 0.4) is 0 Å². The molecular weight excluding hydrogens is 328 g/mol. The summed E-state index contributed by atoms with van der Waals surface area (Å²) in [6.45, 7) is 0.710. The minimum Gasteiger partial charge on any atom is -0.354 e. The van der Waals surface area contributed by atoms with Crippen LogP contribution < -0.4 is 11.1 Å². The average molecular weight is 351 g/mol. The summed E-state index contributed by atoms with van der Waals surface area (Å²) in [5.41, 5.74) is 7.04. The zero-order valence-corrected chi connectivity index (χ0v) is 13.9. The summed E-state index contributed by atoms with van der Waals surface area (Å²) in [4.78, 5) is 12.4. The molecule has 0 unspecified atom stereocenters. The zero-order chi connectivity index (χ0) is 14.9. The van der Waals surface area contributed by atoms with Gasteiger partial charge < -0.3 is 11.1 Å². The minimum atomic E-state index is -0.623. The molecule has 3 rings (SSSR count). The van der Waals surface area contributed by atoms with Crippen molar-refractivity contribution in [1.29, 1.82) is 0 Å². The van der Waals surface area contributed by atoms with Crippen LogP contribution in [0.15, 0.2) is 28.7 Å². The lowest BCUT2D eigenvalue weighted by molar-refractivity contribution is -0.126. The number of carbonyl (C=O) groups excluding carboxylic acids is 1. The van der Waals surface area contributed by atoms with Crippen molar-refractivity contribution in [2.24, 2.45) is 5.73 Å². The standard InChI is InChI=1S/C17H23BrN2O/c18-14-6-3-5-13(11-14)16(7-4-8-16)12-20-15(21)17(19)9-1-2-10-17/h3,5-6,11H,1-2,4,7-10,12,19H2,(H,20,21). The van der Waals surface area contributed by atoms with Gasteiger partial charge in [0.2, 0.25) is 5.91 Å². The fourth-order valence-electron chi connectivity index (χ4n) is 3.65. The second-order valence-corrected chi connectivity index (χ2v) is 7.61. The third kappa shape index (κ3) is 2.88. The predicted molar refractivity (Wildman–Crippen MR) is 88.1 cm³/mol. The fourth-order valence-corrected chi connectivity index (χ4v) is 4.05. The second kappa shape index (κ2) is 5.73. The molecule has 0 bridgehead atoms. The van der Waals surface area contributed by atoms with Gasteiger partial charge in [-0.15, -0.1) is 0 Å². The molecule has 0 aromatic heterocycles. The first-order valence-electron chi connectivity index (χ1n) is 7.87. The van der Waals surface area contributed by atoms with Crippen molar-refractivity contribution in [3.8, 4) is 0 Å². The summed E-state index contributed by atoms with van der Waals surface area (Å²) in [6, 6.07) is 8.47. The third-order valence-corrected chi connectivity index (χ3v) is 5.78. The zero-order valence-electron chi connectivity index (χ0n) is 12.3. The number of amides is 1. The molecule has 0 saturated heterocycles. The Kier molecular flexibility index (Phi) is 4.10. The normalized spacial score (nSPS) is 22.6. The van der Waals surface area contributed by atoms with Crippen molar-refractivity contribution >= 4 is 21.8 Å². The van der Waals surface area contributed by atoms with Crippen molar-refractivity contribution in [1.82, 2.24) is 5.32 Å². The molecule has 1 aromatic rings. The number of carbonyl (C=O) groups is 1. The molecule has 0 radical (unpaired) electrons. The molecule has 114 valence electrons. The molecule has 21 heavy (non-hydrogen) atoms. The average Bonchev–Trinajstić information content (AvgIpc) is 2.86. The SMILES string of the molecule is NC1(C(=O)NCC2(c3cccc(Br)c3)CCC2)CCCC1. The quantitative estimate of drug-likeness (QED) is 0.875. The van der Waals surface area contributed by atoms with E-state index in [1.807, 2.05) is 6.07 Å². The van der Waals surface area contributed by atoms with Gasteiger partial charge in [-0.2, -0.15) is 0 Å². The van der Waals surface area contributed by atoms with Gasteiger partial charge in [0, 0.05) is 16.4 Å². The Morgan fingerprint density at radius 1 is 1.19 bits per heavy atom. The van der Waals surface area contributed by atoms with Gasteiger partial charge in [-0.25, -0.2) is 0 Å². The highest BCUT2D eigenvalue weighted by molar-refractivity contribution is 9.10. The predicted octanol–water partition coefficient (Wildman–Crippen LogP) is 3.26. The van der Waals surface area contributed by atoms with Gasteiger partial charge in [-0.3, -0.25) is 4.79 Å². The number of benzene rings is 1. The molecule has 2 aliphatic carbocycles. The topological polar surface area (TPSA) is 55.1 Å². The summed E-state index contributed by atoms with van der Waals surface area (Å²) < 4.78 is 1.10. The first-order chi connectivity index (χ1) is 10.0. The van der Waals surface area contributed by atoms with E-state index < -0.39 is 5.54 Å². The van der Waals surface area contributed by atoms with Crippen molar-refractivity contribution in [3.05, 3.63) is 34.3 Å². The second-order valence-electron chi connectivity index (χ2n) is 6.69. The lowest BCUT2D eigenvalue weighted by Crippen LogP contribution is -2.55.